The van der Waals surface area contributed by atoms with E-state index in [9.17, 15) is 14.7 Å². The molecule has 0 bridgehead atoms. The quantitative estimate of drug-likeness (QED) is 0.191. The van der Waals surface area contributed by atoms with Crippen LogP contribution in [0.25, 0.3) is 5.76 Å². The fraction of sp³-hybridized carbons (Fsp3) is 0.308. The van der Waals surface area contributed by atoms with Crippen LogP contribution >= 0.6 is 0 Å². The number of ether oxygens (including phenoxy) is 2. The van der Waals surface area contributed by atoms with Crippen molar-refractivity contribution in [2.75, 3.05) is 13.7 Å². The van der Waals surface area contributed by atoms with Gasteiger partial charge in [0, 0.05) is 12.3 Å². The Balaban J connectivity index is 0.00000361. The molecule has 102 valence electrons. The number of hydrogen-bond donors (Lipinski definition) is 0. The van der Waals surface area contributed by atoms with E-state index in [1.54, 1.807) is 6.92 Å². The van der Waals surface area contributed by atoms with Crippen molar-refractivity contribution >= 4 is 17.5 Å². The van der Waals surface area contributed by atoms with E-state index in [-0.39, 0.29) is 42.5 Å². The van der Waals surface area contributed by atoms with Crippen LogP contribution in [-0.4, -0.2) is 30.5 Å². The van der Waals surface area contributed by atoms with E-state index in [1.165, 1.54) is 32.4 Å². The number of pyridine rings is 1. The predicted octanol–water partition coefficient (Wildman–Crippen LogP) is -2.68. The van der Waals surface area contributed by atoms with Crippen molar-refractivity contribution in [3.05, 3.63) is 29.5 Å². The Kier molecular flexibility index (Phi) is 7.66. The van der Waals surface area contributed by atoms with Gasteiger partial charge in [0.15, 0.2) is 0 Å². The second-order valence-corrected chi connectivity index (χ2v) is 3.59. The fourth-order valence-corrected chi connectivity index (χ4v) is 1.33. The molecule has 20 heavy (non-hydrogen) atoms. The van der Waals surface area contributed by atoms with E-state index in [4.69, 9.17) is 4.74 Å². The van der Waals surface area contributed by atoms with Gasteiger partial charge in [0.05, 0.1) is 13.7 Å². The summed E-state index contributed by atoms with van der Waals surface area (Å²) in [7, 11) is 1.41. The molecular formula is C13H14LiNO5. The van der Waals surface area contributed by atoms with Crippen LogP contribution in [0.1, 0.15) is 19.4 Å². The maximum Gasteiger partial charge on any atom is 1.00 e. The number of carbonyl (C=O) groups is 2. The Labute approximate surface area is 129 Å². The molecule has 7 heteroatoms. The largest absolute Gasteiger partial charge is 1.00 e. The van der Waals surface area contributed by atoms with E-state index < -0.39 is 17.5 Å². The van der Waals surface area contributed by atoms with Gasteiger partial charge in [0.2, 0.25) is 5.88 Å². The number of esters is 1. The summed E-state index contributed by atoms with van der Waals surface area (Å²) in [4.78, 5) is 26.7. The minimum Gasteiger partial charge on any atom is -0.872 e. The van der Waals surface area contributed by atoms with Crippen LogP contribution in [0, 0.1) is 0 Å². The van der Waals surface area contributed by atoms with Gasteiger partial charge in [-0.15, -0.1) is 0 Å². The van der Waals surface area contributed by atoms with Gasteiger partial charge in [0.1, 0.15) is 0 Å². The minimum atomic E-state index is -1.03. The van der Waals surface area contributed by atoms with Crippen LogP contribution in [0.5, 0.6) is 5.88 Å². The van der Waals surface area contributed by atoms with E-state index >= 15 is 0 Å². The molecule has 0 N–H and O–H groups in total. The zero-order valence-corrected chi connectivity index (χ0v) is 11.9. The third-order valence-electron chi connectivity index (χ3n) is 2.35. The average Bonchev–Trinajstić information content (AvgIpc) is 2.45. The van der Waals surface area contributed by atoms with Crippen LogP contribution in [0.15, 0.2) is 23.9 Å². The Bertz CT molecular complexity index is 527. The number of rotatable bonds is 5. The molecule has 1 heterocycles. The van der Waals surface area contributed by atoms with Crippen molar-refractivity contribution in [2.24, 2.45) is 0 Å². The summed E-state index contributed by atoms with van der Waals surface area (Å²) in [6.45, 7) is 2.94. The van der Waals surface area contributed by atoms with E-state index in [1.807, 2.05) is 0 Å². The average molecular weight is 271 g/mol. The van der Waals surface area contributed by atoms with Gasteiger partial charge < -0.3 is 14.6 Å². The zero-order chi connectivity index (χ0) is 14.4. The monoisotopic (exact) mass is 271 g/mol. The van der Waals surface area contributed by atoms with Crippen molar-refractivity contribution < 1.29 is 43.0 Å². The summed E-state index contributed by atoms with van der Waals surface area (Å²) in [5.41, 5.74) is 0.0219. The molecule has 1 aromatic heterocycles. The van der Waals surface area contributed by atoms with Crippen molar-refractivity contribution in [1.29, 1.82) is 0 Å². The predicted molar refractivity (Wildman–Crippen MR) is 65.0 cm³/mol. The van der Waals surface area contributed by atoms with Crippen LogP contribution in [0.3, 0.4) is 0 Å². The van der Waals surface area contributed by atoms with Gasteiger partial charge in [-0.25, -0.2) is 9.78 Å². The van der Waals surface area contributed by atoms with E-state index in [0.717, 1.165) is 0 Å². The van der Waals surface area contributed by atoms with Gasteiger partial charge in [-0.1, -0.05) is 5.76 Å². The number of aromatic nitrogens is 1. The zero-order valence-electron chi connectivity index (χ0n) is 11.9. The molecule has 0 aromatic carbocycles. The Hall–Kier alpha value is -1.77. The number of nitrogens with zero attached hydrogens (tertiary/aromatic N) is 1. The summed E-state index contributed by atoms with van der Waals surface area (Å²) in [5.74, 6) is -2.28. The number of ketones is 1. The van der Waals surface area contributed by atoms with Gasteiger partial charge in [0.25, 0.3) is 5.78 Å². The van der Waals surface area contributed by atoms with Crippen molar-refractivity contribution in [1.82, 2.24) is 4.98 Å². The topological polar surface area (TPSA) is 88.6 Å². The van der Waals surface area contributed by atoms with Crippen molar-refractivity contribution in [3.8, 4) is 5.88 Å². The number of Topliss-reactive ketones (excluding diaryl/α,β-unsaturated/α-hetero) is 1. The smallest absolute Gasteiger partial charge is 0.872 e. The Morgan fingerprint density at radius 3 is 2.60 bits per heavy atom. The molecule has 0 saturated heterocycles. The molecule has 0 fully saturated rings. The number of hydrogen-bond acceptors (Lipinski definition) is 6. The first kappa shape index (κ1) is 18.2. The molecule has 0 aliphatic heterocycles. The molecule has 0 unspecified atom stereocenters. The van der Waals surface area contributed by atoms with E-state index in [2.05, 4.69) is 9.72 Å². The molecular weight excluding hydrogens is 257 g/mol. The van der Waals surface area contributed by atoms with Crippen LogP contribution in [-0.2, 0) is 14.3 Å². The minimum absolute atomic E-state index is 0. The van der Waals surface area contributed by atoms with Crippen LogP contribution < -0.4 is 28.7 Å². The molecule has 0 amide bonds. The first-order chi connectivity index (χ1) is 9.01. The summed E-state index contributed by atoms with van der Waals surface area (Å²) < 4.78 is 9.44. The van der Waals surface area contributed by atoms with Gasteiger partial charge in [-0.3, -0.25) is 4.79 Å². The van der Waals surface area contributed by atoms with Crippen LogP contribution in [0.4, 0.5) is 0 Å². The van der Waals surface area contributed by atoms with Gasteiger partial charge >= 0.3 is 24.8 Å². The summed E-state index contributed by atoms with van der Waals surface area (Å²) >= 11 is 0. The van der Waals surface area contributed by atoms with Gasteiger partial charge in [-0.2, -0.15) is 0 Å². The first-order valence-corrected chi connectivity index (χ1v) is 5.61. The molecule has 0 atom stereocenters. The molecule has 0 aliphatic rings. The van der Waals surface area contributed by atoms with Crippen molar-refractivity contribution in [3.63, 3.8) is 0 Å². The molecule has 6 nitrogen and oxygen atoms in total. The molecule has 0 aliphatic carbocycles. The Morgan fingerprint density at radius 2 is 2.05 bits per heavy atom. The maximum absolute atomic E-state index is 12.0. The molecule has 1 rings (SSSR count). The second kappa shape index (κ2) is 8.41. The molecule has 0 radical (unpaired) electrons. The van der Waals surface area contributed by atoms with Crippen molar-refractivity contribution in [2.45, 2.75) is 13.8 Å². The third kappa shape index (κ3) is 4.40. The first-order valence-electron chi connectivity index (χ1n) is 5.61. The standard InChI is InChI=1S/C13H15NO5.Li/c1-4-19-13(17)12(16)8(2)11(15)9-5-6-14-10(7-9)18-3;/h5-7,15H,4H2,1-3H3;/q;+1/p-1. The summed E-state index contributed by atoms with van der Waals surface area (Å²) in [6.07, 6.45) is 1.38. The van der Waals surface area contributed by atoms with Gasteiger partial charge in [-0.05, 0) is 31.1 Å². The molecule has 0 spiro atoms. The van der Waals surface area contributed by atoms with E-state index in [0.29, 0.717) is 0 Å². The number of carbonyl (C=O) groups excluding carboxylic acids is 2. The normalized spacial score (nSPS) is 10.9. The molecule has 1 aromatic rings. The second-order valence-electron chi connectivity index (χ2n) is 3.59. The SMILES string of the molecule is CCOC(=O)C(=O)C(C)=C([O-])c1ccnc(OC)c1.[Li+]. The Morgan fingerprint density at radius 1 is 1.40 bits per heavy atom. The molecule has 0 saturated carbocycles. The van der Waals surface area contributed by atoms with Crippen LogP contribution in [0.2, 0.25) is 0 Å². The summed E-state index contributed by atoms with van der Waals surface area (Å²) in [6, 6.07) is 2.83. The number of methoxy groups -OCH3 is 1. The summed E-state index contributed by atoms with van der Waals surface area (Å²) in [5, 5.41) is 12.0. The third-order valence-corrected chi connectivity index (χ3v) is 2.35. The fourth-order valence-electron chi connectivity index (χ4n) is 1.33. The maximum atomic E-state index is 12.0.